The molecule has 1 heteroatoms. The molecule has 0 aliphatic heterocycles. The van der Waals surface area contributed by atoms with E-state index in [0.717, 1.165) is 0 Å². The highest BCUT2D eigenvalue weighted by molar-refractivity contribution is 6.29. The third-order valence-electron chi connectivity index (χ3n) is 14.6. The van der Waals surface area contributed by atoms with Crippen molar-refractivity contribution in [1.82, 2.24) is 4.57 Å². The van der Waals surface area contributed by atoms with E-state index in [0.29, 0.717) is 0 Å². The SMILES string of the molecule is c1ccc(-n2c3ccc(-c4ccc(-c5cc6ccc7cccc8ccc(c5)c6c78)cc4)c4ccc5c(-c6ccc(-c7cc8ccc9cccc%10ccc(c7)c8c9%10)cc6)ccc2c5c43)cc1. The second kappa shape index (κ2) is 13.0. The Kier molecular flexibility index (Phi) is 7.01. The van der Waals surface area contributed by atoms with E-state index in [1.807, 2.05) is 0 Å². The molecule has 1 aromatic heterocycles. The van der Waals surface area contributed by atoms with E-state index < -0.39 is 0 Å². The average Bonchev–Trinajstić information content (AvgIpc) is 3.72. The lowest BCUT2D eigenvalue weighted by Gasteiger charge is -2.14. The van der Waals surface area contributed by atoms with Gasteiger partial charge in [0, 0.05) is 16.5 Å². The van der Waals surface area contributed by atoms with E-state index in [1.54, 1.807) is 0 Å². The quantitative estimate of drug-likeness (QED) is 0.152. The molecule has 15 aromatic rings. The molecule has 0 aliphatic rings. The molecule has 1 heterocycles. The van der Waals surface area contributed by atoms with E-state index in [-0.39, 0.29) is 0 Å². The van der Waals surface area contributed by atoms with Crippen molar-refractivity contribution < 1.29 is 0 Å². The number of nitrogens with zero attached hydrogens (tertiary/aromatic N) is 1. The largest absolute Gasteiger partial charge is 0.309 e. The molecule has 0 bridgehead atoms. The molecule has 0 spiro atoms. The first-order valence-corrected chi connectivity index (χ1v) is 22.6. The molecule has 0 unspecified atom stereocenters. The molecule has 1 nitrogen and oxygen atoms in total. The van der Waals surface area contributed by atoms with Crippen molar-refractivity contribution in [2.24, 2.45) is 0 Å². The summed E-state index contributed by atoms with van der Waals surface area (Å²) in [4.78, 5) is 0. The lowest BCUT2D eigenvalue weighted by atomic mass is 9.89. The first-order valence-electron chi connectivity index (χ1n) is 22.6. The van der Waals surface area contributed by atoms with Crippen LogP contribution in [0.4, 0.5) is 0 Å². The lowest BCUT2D eigenvalue weighted by Crippen LogP contribution is -1.93. The number of benzene rings is 14. The molecule has 0 saturated carbocycles. The molecular formula is C64H37N. The Morgan fingerprint density at radius 1 is 0.215 bits per heavy atom. The molecule has 0 saturated heterocycles. The monoisotopic (exact) mass is 819 g/mol. The van der Waals surface area contributed by atoms with E-state index >= 15 is 0 Å². The van der Waals surface area contributed by atoms with E-state index in [4.69, 9.17) is 0 Å². The average molecular weight is 820 g/mol. The summed E-state index contributed by atoms with van der Waals surface area (Å²) in [6.07, 6.45) is 0. The van der Waals surface area contributed by atoms with Crippen LogP contribution in [0.25, 0.3) is 147 Å². The Hall–Kier alpha value is -8.52. The van der Waals surface area contributed by atoms with Crippen molar-refractivity contribution in [3.05, 3.63) is 224 Å². The fourth-order valence-corrected chi connectivity index (χ4v) is 11.6. The molecule has 0 atom stereocenters. The number of hydrogen-bond donors (Lipinski definition) is 0. The van der Waals surface area contributed by atoms with Crippen LogP contribution in [0.1, 0.15) is 0 Å². The summed E-state index contributed by atoms with van der Waals surface area (Å²) in [5.41, 5.74) is 13.5. The van der Waals surface area contributed by atoms with E-state index in [1.165, 1.54) is 147 Å². The zero-order valence-corrected chi connectivity index (χ0v) is 35.3. The van der Waals surface area contributed by atoms with Crippen LogP contribution >= 0.6 is 0 Å². The maximum Gasteiger partial charge on any atom is 0.0547 e. The van der Waals surface area contributed by atoms with Gasteiger partial charge in [-0.3, -0.25) is 0 Å². The maximum atomic E-state index is 2.45. The zero-order valence-electron chi connectivity index (χ0n) is 35.3. The molecule has 14 aromatic carbocycles. The molecule has 298 valence electrons. The first-order chi connectivity index (χ1) is 32.2. The number of rotatable bonds is 5. The Morgan fingerprint density at radius 2 is 0.569 bits per heavy atom. The second-order valence-electron chi connectivity index (χ2n) is 18.0. The van der Waals surface area contributed by atoms with E-state index in [2.05, 4.69) is 229 Å². The minimum absolute atomic E-state index is 1.17. The summed E-state index contributed by atoms with van der Waals surface area (Å²) in [5, 5.41) is 20.9. The van der Waals surface area contributed by atoms with Crippen LogP contribution in [-0.2, 0) is 0 Å². The van der Waals surface area contributed by atoms with Crippen LogP contribution in [0, 0.1) is 0 Å². The molecule has 0 aliphatic carbocycles. The zero-order chi connectivity index (χ0) is 42.3. The summed E-state index contributed by atoms with van der Waals surface area (Å²) < 4.78 is 2.45. The summed E-state index contributed by atoms with van der Waals surface area (Å²) in [6.45, 7) is 0. The summed E-state index contributed by atoms with van der Waals surface area (Å²) >= 11 is 0. The summed E-state index contributed by atoms with van der Waals surface area (Å²) in [7, 11) is 0. The van der Waals surface area contributed by atoms with Crippen LogP contribution in [0.15, 0.2) is 224 Å². The maximum absolute atomic E-state index is 2.45. The first kappa shape index (κ1) is 35.0. The number of hydrogen-bond acceptors (Lipinski definition) is 0. The minimum Gasteiger partial charge on any atom is -0.309 e. The standard InChI is InChI=1S/C64H37N/c1-2-10-52(11-3-1)65-57-32-30-53(40-16-12-38(13-17-40)50-34-46-24-20-42-6-4-7-43-21-25-47(35-50)61(46)59(42)43)55-28-29-56-54(31-33-58(65)64(56)63(55)57)41-18-14-39(15-19-41)51-36-48-26-22-44-8-5-9-45-23-27-49(37-51)62(48)60(44)45/h1-37H. The molecule has 65 heavy (non-hydrogen) atoms. The summed E-state index contributed by atoms with van der Waals surface area (Å²) in [5.74, 6) is 0. The molecule has 0 radical (unpaired) electrons. The predicted octanol–water partition coefficient (Wildman–Crippen LogP) is 17.8. The highest BCUT2D eigenvalue weighted by Crippen LogP contribution is 2.46. The fourth-order valence-electron chi connectivity index (χ4n) is 11.6. The number of para-hydroxylation sites is 1. The normalized spacial score (nSPS) is 12.3. The topological polar surface area (TPSA) is 4.93 Å². The van der Waals surface area contributed by atoms with E-state index in [9.17, 15) is 0 Å². The third kappa shape index (κ3) is 4.98. The van der Waals surface area contributed by atoms with Gasteiger partial charge in [-0.25, -0.2) is 0 Å². The molecule has 0 N–H and O–H groups in total. The van der Waals surface area contributed by atoms with Crippen LogP contribution in [-0.4, -0.2) is 4.57 Å². The van der Waals surface area contributed by atoms with Gasteiger partial charge in [-0.05, 0) is 168 Å². The van der Waals surface area contributed by atoms with Crippen molar-refractivity contribution in [1.29, 1.82) is 0 Å². The van der Waals surface area contributed by atoms with Gasteiger partial charge in [0.2, 0.25) is 0 Å². The Balaban J connectivity index is 0.845. The highest BCUT2D eigenvalue weighted by Gasteiger charge is 2.21. The van der Waals surface area contributed by atoms with Gasteiger partial charge in [0.15, 0.2) is 0 Å². The van der Waals surface area contributed by atoms with Gasteiger partial charge in [-0.15, -0.1) is 0 Å². The summed E-state index contributed by atoms with van der Waals surface area (Å²) in [6, 6.07) is 84.1. The minimum atomic E-state index is 1.17. The van der Waals surface area contributed by atoms with Crippen LogP contribution in [0.5, 0.6) is 0 Å². The Morgan fingerprint density at radius 3 is 0.969 bits per heavy atom. The Labute approximate surface area is 374 Å². The molecule has 0 amide bonds. The van der Waals surface area contributed by atoms with Crippen molar-refractivity contribution in [2.45, 2.75) is 0 Å². The van der Waals surface area contributed by atoms with Gasteiger partial charge in [0.1, 0.15) is 0 Å². The van der Waals surface area contributed by atoms with Gasteiger partial charge in [0.05, 0.1) is 11.0 Å². The smallest absolute Gasteiger partial charge is 0.0547 e. The molecular weight excluding hydrogens is 783 g/mol. The van der Waals surface area contributed by atoms with Gasteiger partial charge >= 0.3 is 0 Å². The number of aromatic nitrogens is 1. The van der Waals surface area contributed by atoms with Gasteiger partial charge in [0.25, 0.3) is 0 Å². The van der Waals surface area contributed by atoms with Gasteiger partial charge in [-0.2, -0.15) is 0 Å². The predicted molar refractivity (Wildman–Crippen MR) is 279 cm³/mol. The van der Waals surface area contributed by atoms with Crippen LogP contribution < -0.4 is 0 Å². The fraction of sp³-hybridized carbons (Fsp3) is 0. The van der Waals surface area contributed by atoms with Crippen molar-refractivity contribution in [2.75, 3.05) is 0 Å². The highest BCUT2D eigenvalue weighted by atomic mass is 15.0. The lowest BCUT2D eigenvalue weighted by molar-refractivity contribution is 1.18. The molecule has 0 fully saturated rings. The van der Waals surface area contributed by atoms with Crippen molar-refractivity contribution in [3.8, 4) is 50.2 Å². The van der Waals surface area contributed by atoms with Gasteiger partial charge < -0.3 is 4.57 Å². The van der Waals surface area contributed by atoms with Crippen molar-refractivity contribution in [3.63, 3.8) is 0 Å². The van der Waals surface area contributed by atoms with Crippen molar-refractivity contribution >= 4 is 97.2 Å². The van der Waals surface area contributed by atoms with Crippen LogP contribution in [0.2, 0.25) is 0 Å². The van der Waals surface area contributed by atoms with Crippen LogP contribution in [0.3, 0.4) is 0 Å². The second-order valence-corrected chi connectivity index (χ2v) is 18.0. The Bertz CT molecular complexity index is 3970. The van der Waals surface area contributed by atoms with Gasteiger partial charge in [-0.1, -0.05) is 176 Å². The molecule has 15 rings (SSSR count). The third-order valence-corrected chi connectivity index (χ3v) is 14.6.